The number of anilines is 1. The summed E-state index contributed by atoms with van der Waals surface area (Å²) in [6.45, 7) is 3.70. The minimum Gasteiger partial charge on any atom is -0.369 e. The van der Waals surface area contributed by atoms with E-state index >= 15 is 0 Å². The van der Waals surface area contributed by atoms with Crippen molar-refractivity contribution in [3.8, 4) is 0 Å². The molecule has 8 heteroatoms. The van der Waals surface area contributed by atoms with Crippen LogP contribution in [0.25, 0.3) is 0 Å². The van der Waals surface area contributed by atoms with Gasteiger partial charge in [0.1, 0.15) is 11.6 Å². The van der Waals surface area contributed by atoms with E-state index in [0.717, 1.165) is 48.8 Å². The van der Waals surface area contributed by atoms with Crippen LogP contribution in [-0.2, 0) is 6.54 Å². The Morgan fingerprint density at radius 3 is 2.06 bits per heavy atom. The lowest BCUT2D eigenvalue weighted by Gasteiger charge is -2.39. The van der Waals surface area contributed by atoms with Crippen LogP contribution in [0.1, 0.15) is 23.0 Å². The molecule has 0 bridgehead atoms. The predicted molar refractivity (Wildman–Crippen MR) is 122 cm³/mol. The number of rotatable bonds is 6. The van der Waals surface area contributed by atoms with E-state index in [2.05, 4.69) is 37.5 Å². The van der Waals surface area contributed by atoms with Crippen LogP contribution in [0.15, 0.2) is 78.9 Å². The number of hydrogen-bond donors (Lipinski definition) is 0. The summed E-state index contributed by atoms with van der Waals surface area (Å²) < 4.78 is 28.4. The maximum Gasteiger partial charge on any atom is 0.173 e. The maximum absolute atomic E-state index is 13.3. The van der Waals surface area contributed by atoms with Gasteiger partial charge in [-0.3, -0.25) is 4.90 Å². The summed E-state index contributed by atoms with van der Waals surface area (Å²) in [5.74, 6) is 0.257. The number of benzene rings is 3. The smallest absolute Gasteiger partial charge is 0.173 e. The van der Waals surface area contributed by atoms with Crippen LogP contribution < -0.4 is 4.90 Å². The molecule has 0 radical (unpaired) electrons. The van der Waals surface area contributed by atoms with Gasteiger partial charge in [0, 0.05) is 31.9 Å². The summed E-state index contributed by atoms with van der Waals surface area (Å²) in [4.78, 5) is 4.64. The van der Waals surface area contributed by atoms with Crippen molar-refractivity contribution >= 4 is 5.69 Å². The molecule has 1 aliphatic rings. The van der Waals surface area contributed by atoms with E-state index in [9.17, 15) is 8.78 Å². The zero-order chi connectivity index (χ0) is 22.6. The van der Waals surface area contributed by atoms with E-state index in [1.165, 1.54) is 24.3 Å². The number of aromatic nitrogens is 4. The molecule has 1 aromatic heterocycles. The van der Waals surface area contributed by atoms with Crippen LogP contribution in [0.4, 0.5) is 14.5 Å². The average Bonchev–Trinajstić information content (AvgIpc) is 3.30. The number of tetrazole rings is 1. The van der Waals surface area contributed by atoms with Gasteiger partial charge in [-0.25, -0.2) is 13.5 Å². The summed E-state index contributed by atoms with van der Waals surface area (Å²) >= 11 is 0. The van der Waals surface area contributed by atoms with Crippen LogP contribution in [0.5, 0.6) is 0 Å². The Bertz CT molecular complexity index is 1170. The number of hydrogen-bond acceptors (Lipinski definition) is 5. The zero-order valence-corrected chi connectivity index (χ0v) is 18.1. The lowest BCUT2D eigenvalue weighted by Crippen LogP contribution is -2.48. The summed E-state index contributed by atoms with van der Waals surface area (Å²) in [6, 6.07) is 23.1. The number of halogens is 2. The Hall–Kier alpha value is -3.65. The first kappa shape index (κ1) is 21.2. The molecule has 33 heavy (non-hydrogen) atoms. The van der Waals surface area contributed by atoms with Crippen LogP contribution in [0.3, 0.4) is 0 Å². The fourth-order valence-electron chi connectivity index (χ4n) is 4.33. The van der Waals surface area contributed by atoms with E-state index in [1.54, 1.807) is 16.8 Å². The second-order valence-electron chi connectivity index (χ2n) is 8.13. The van der Waals surface area contributed by atoms with Gasteiger partial charge < -0.3 is 4.90 Å². The van der Waals surface area contributed by atoms with E-state index in [4.69, 9.17) is 0 Å². The molecule has 0 N–H and O–H groups in total. The molecule has 1 saturated heterocycles. The fraction of sp³-hybridized carbons (Fsp3) is 0.240. The number of nitrogens with zero attached hydrogens (tertiary/aromatic N) is 6. The van der Waals surface area contributed by atoms with Gasteiger partial charge in [0.25, 0.3) is 0 Å². The Kier molecular flexibility index (Phi) is 6.08. The quantitative estimate of drug-likeness (QED) is 0.450. The summed E-state index contributed by atoms with van der Waals surface area (Å²) in [5.41, 5.74) is 3.06. The van der Waals surface area contributed by atoms with Gasteiger partial charge in [0.2, 0.25) is 0 Å². The van der Waals surface area contributed by atoms with Crippen molar-refractivity contribution in [1.29, 1.82) is 0 Å². The standard InChI is InChI=1S/C25H24F2N6/c26-21-8-6-19(7-9-21)18-33-25(28-29-30-33)24(20-4-2-1-3-5-20)32-16-14-31(15-17-32)23-12-10-22(27)11-13-23/h1-13,24H,14-18H2. The van der Waals surface area contributed by atoms with Crippen molar-refractivity contribution in [3.05, 3.63) is 107 Å². The minimum absolute atomic E-state index is 0.114. The highest BCUT2D eigenvalue weighted by atomic mass is 19.1. The third-order valence-corrected chi connectivity index (χ3v) is 6.04. The molecular formula is C25H24F2N6. The second kappa shape index (κ2) is 9.46. The first-order chi connectivity index (χ1) is 16.2. The molecule has 1 unspecified atom stereocenters. The monoisotopic (exact) mass is 446 g/mol. The molecule has 1 atom stereocenters. The fourth-order valence-corrected chi connectivity index (χ4v) is 4.33. The average molecular weight is 447 g/mol. The summed E-state index contributed by atoms with van der Waals surface area (Å²) in [6.07, 6.45) is 0. The van der Waals surface area contributed by atoms with E-state index in [-0.39, 0.29) is 17.7 Å². The second-order valence-corrected chi connectivity index (χ2v) is 8.13. The molecule has 0 spiro atoms. The van der Waals surface area contributed by atoms with Crippen LogP contribution in [0.2, 0.25) is 0 Å². The van der Waals surface area contributed by atoms with Crippen molar-refractivity contribution in [2.45, 2.75) is 12.6 Å². The highest BCUT2D eigenvalue weighted by Crippen LogP contribution is 2.29. The Morgan fingerprint density at radius 2 is 1.39 bits per heavy atom. The van der Waals surface area contributed by atoms with Crippen LogP contribution >= 0.6 is 0 Å². The molecule has 1 aliphatic heterocycles. The molecule has 4 aromatic rings. The largest absolute Gasteiger partial charge is 0.369 e. The molecule has 0 aliphatic carbocycles. The SMILES string of the molecule is Fc1ccc(Cn2nnnc2C(c2ccccc2)N2CCN(c3ccc(F)cc3)CC2)cc1. The van der Waals surface area contributed by atoms with Crippen molar-refractivity contribution in [2.24, 2.45) is 0 Å². The van der Waals surface area contributed by atoms with Crippen LogP contribution in [-0.4, -0.2) is 51.3 Å². The Labute approximate surface area is 191 Å². The molecule has 1 fully saturated rings. The third kappa shape index (κ3) is 4.75. The number of piperazine rings is 1. The first-order valence-corrected chi connectivity index (χ1v) is 11.0. The van der Waals surface area contributed by atoms with Crippen molar-refractivity contribution in [2.75, 3.05) is 31.1 Å². The first-order valence-electron chi connectivity index (χ1n) is 11.0. The van der Waals surface area contributed by atoms with E-state index in [1.807, 2.05) is 30.3 Å². The Balaban J connectivity index is 1.40. The Morgan fingerprint density at radius 1 is 0.758 bits per heavy atom. The zero-order valence-electron chi connectivity index (χ0n) is 18.1. The normalized spacial score (nSPS) is 15.5. The molecule has 6 nitrogen and oxygen atoms in total. The van der Waals surface area contributed by atoms with Crippen molar-refractivity contribution in [3.63, 3.8) is 0 Å². The molecule has 0 amide bonds. The molecule has 5 rings (SSSR count). The van der Waals surface area contributed by atoms with Crippen molar-refractivity contribution < 1.29 is 8.78 Å². The van der Waals surface area contributed by atoms with Gasteiger partial charge in [-0.1, -0.05) is 42.5 Å². The van der Waals surface area contributed by atoms with Gasteiger partial charge in [-0.05, 0) is 58.0 Å². The van der Waals surface area contributed by atoms with Crippen molar-refractivity contribution in [1.82, 2.24) is 25.1 Å². The molecule has 0 saturated carbocycles. The van der Waals surface area contributed by atoms with E-state index in [0.29, 0.717) is 6.54 Å². The lowest BCUT2D eigenvalue weighted by atomic mass is 10.0. The molecule has 2 heterocycles. The third-order valence-electron chi connectivity index (χ3n) is 6.04. The van der Waals surface area contributed by atoms with Gasteiger partial charge in [-0.15, -0.1) is 5.10 Å². The highest BCUT2D eigenvalue weighted by Gasteiger charge is 2.30. The summed E-state index contributed by atoms with van der Waals surface area (Å²) in [7, 11) is 0. The lowest BCUT2D eigenvalue weighted by molar-refractivity contribution is 0.201. The summed E-state index contributed by atoms with van der Waals surface area (Å²) in [5, 5.41) is 12.6. The molecule has 168 valence electrons. The minimum atomic E-state index is -0.267. The highest BCUT2D eigenvalue weighted by molar-refractivity contribution is 5.46. The van der Waals surface area contributed by atoms with Gasteiger partial charge in [0.15, 0.2) is 5.82 Å². The van der Waals surface area contributed by atoms with Gasteiger partial charge >= 0.3 is 0 Å². The van der Waals surface area contributed by atoms with Gasteiger partial charge in [-0.2, -0.15) is 0 Å². The van der Waals surface area contributed by atoms with Gasteiger partial charge in [0.05, 0.1) is 12.6 Å². The molecular weight excluding hydrogens is 422 g/mol. The molecule has 3 aromatic carbocycles. The predicted octanol–water partition coefficient (Wildman–Crippen LogP) is 3.91. The maximum atomic E-state index is 13.3. The van der Waals surface area contributed by atoms with Crippen LogP contribution in [0, 0.1) is 11.6 Å². The van der Waals surface area contributed by atoms with E-state index < -0.39 is 0 Å². The topological polar surface area (TPSA) is 50.1 Å².